The zero-order valence-corrected chi connectivity index (χ0v) is 14.3. The summed E-state index contributed by atoms with van der Waals surface area (Å²) in [6.07, 6.45) is 2.64. The maximum absolute atomic E-state index is 12.2. The average Bonchev–Trinajstić information content (AvgIpc) is 2.57. The van der Waals surface area contributed by atoms with Crippen LogP contribution in [0.4, 0.5) is 0 Å². The van der Waals surface area contributed by atoms with E-state index in [0.29, 0.717) is 18.6 Å². The van der Waals surface area contributed by atoms with Crippen molar-refractivity contribution in [2.75, 3.05) is 18.6 Å². The van der Waals surface area contributed by atoms with Crippen molar-refractivity contribution in [1.82, 2.24) is 10.6 Å². The van der Waals surface area contributed by atoms with E-state index in [1.54, 1.807) is 0 Å². The lowest BCUT2D eigenvalue weighted by Crippen LogP contribution is -2.52. The van der Waals surface area contributed by atoms with E-state index in [1.807, 2.05) is 36.6 Å². The van der Waals surface area contributed by atoms with Crippen LogP contribution in [0.1, 0.15) is 12.0 Å². The average molecular weight is 353 g/mol. The molecular formula is C16H23N3O4S. The Morgan fingerprint density at radius 3 is 2.46 bits per heavy atom. The molecule has 0 aromatic heterocycles. The fraction of sp³-hybridized carbons (Fsp3) is 0.438. The Balaban J connectivity index is 2.61. The van der Waals surface area contributed by atoms with E-state index in [1.165, 1.54) is 11.8 Å². The van der Waals surface area contributed by atoms with Crippen LogP contribution in [0.25, 0.3) is 0 Å². The lowest BCUT2D eigenvalue weighted by Gasteiger charge is -2.20. The predicted molar refractivity (Wildman–Crippen MR) is 93.7 cm³/mol. The van der Waals surface area contributed by atoms with Crippen LogP contribution in [0.5, 0.6) is 0 Å². The number of hydrogen-bond acceptors (Lipinski definition) is 5. The molecule has 2 atom stereocenters. The van der Waals surface area contributed by atoms with Crippen molar-refractivity contribution in [1.29, 1.82) is 0 Å². The summed E-state index contributed by atoms with van der Waals surface area (Å²) in [6.45, 7) is -0.486. The van der Waals surface area contributed by atoms with Crippen molar-refractivity contribution in [3.05, 3.63) is 35.9 Å². The van der Waals surface area contributed by atoms with Gasteiger partial charge in [-0.3, -0.25) is 14.4 Å². The molecule has 0 spiro atoms. The minimum Gasteiger partial charge on any atom is -0.480 e. The molecule has 0 bridgehead atoms. The van der Waals surface area contributed by atoms with Crippen LogP contribution >= 0.6 is 11.8 Å². The van der Waals surface area contributed by atoms with Crippen LogP contribution in [0.15, 0.2) is 30.3 Å². The Morgan fingerprint density at radius 1 is 1.21 bits per heavy atom. The van der Waals surface area contributed by atoms with E-state index < -0.39 is 36.4 Å². The van der Waals surface area contributed by atoms with Gasteiger partial charge >= 0.3 is 5.97 Å². The van der Waals surface area contributed by atoms with Gasteiger partial charge < -0.3 is 21.5 Å². The Morgan fingerprint density at radius 2 is 1.88 bits per heavy atom. The summed E-state index contributed by atoms with van der Waals surface area (Å²) in [5, 5.41) is 13.5. The van der Waals surface area contributed by atoms with Gasteiger partial charge in [0.2, 0.25) is 11.8 Å². The van der Waals surface area contributed by atoms with Gasteiger partial charge in [0.25, 0.3) is 0 Å². The molecule has 2 amide bonds. The highest BCUT2D eigenvalue weighted by Crippen LogP contribution is 2.04. The van der Waals surface area contributed by atoms with Crippen LogP contribution < -0.4 is 16.4 Å². The number of carbonyl (C=O) groups is 3. The van der Waals surface area contributed by atoms with Crippen molar-refractivity contribution in [2.45, 2.75) is 24.9 Å². The Labute approximate surface area is 145 Å². The van der Waals surface area contributed by atoms with Crippen molar-refractivity contribution in [2.24, 2.45) is 5.73 Å². The van der Waals surface area contributed by atoms with Gasteiger partial charge in [-0.1, -0.05) is 30.3 Å². The van der Waals surface area contributed by atoms with Crippen molar-refractivity contribution >= 4 is 29.5 Å². The highest BCUT2D eigenvalue weighted by molar-refractivity contribution is 7.98. The number of nitrogens with two attached hydrogens (primary N) is 1. The third kappa shape index (κ3) is 7.47. The minimum absolute atomic E-state index is 0.360. The number of amides is 2. The summed E-state index contributed by atoms with van der Waals surface area (Å²) in [6, 6.07) is 7.76. The molecule has 5 N–H and O–H groups in total. The summed E-state index contributed by atoms with van der Waals surface area (Å²) in [7, 11) is 0. The first-order valence-electron chi connectivity index (χ1n) is 7.52. The summed E-state index contributed by atoms with van der Waals surface area (Å²) < 4.78 is 0. The second-order valence-electron chi connectivity index (χ2n) is 5.25. The highest BCUT2D eigenvalue weighted by atomic mass is 32.2. The molecule has 1 aromatic rings. The number of benzene rings is 1. The van der Waals surface area contributed by atoms with Gasteiger partial charge in [0.05, 0.1) is 6.04 Å². The number of hydrogen-bond donors (Lipinski definition) is 4. The largest absolute Gasteiger partial charge is 0.480 e. The van der Waals surface area contributed by atoms with Crippen LogP contribution in [0.2, 0.25) is 0 Å². The van der Waals surface area contributed by atoms with Crippen molar-refractivity contribution in [3.63, 3.8) is 0 Å². The van der Waals surface area contributed by atoms with E-state index in [-0.39, 0.29) is 0 Å². The SMILES string of the molecule is CSCCC(NC(=O)C(N)Cc1ccccc1)C(=O)NCC(=O)O. The van der Waals surface area contributed by atoms with Gasteiger partial charge in [-0.2, -0.15) is 11.8 Å². The minimum atomic E-state index is -1.14. The first-order valence-corrected chi connectivity index (χ1v) is 8.91. The topological polar surface area (TPSA) is 122 Å². The first kappa shape index (κ1) is 20.0. The Hall–Kier alpha value is -2.06. The number of nitrogens with one attached hydrogen (secondary N) is 2. The Bertz CT molecular complexity index is 554. The van der Waals surface area contributed by atoms with Gasteiger partial charge in [-0.15, -0.1) is 0 Å². The fourth-order valence-electron chi connectivity index (χ4n) is 2.03. The molecule has 1 aromatic carbocycles. The fourth-order valence-corrected chi connectivity index (χ4v) is 2.50. The molecular weight excluding hydrogens is 330 g/mol. The molecule has 0 radical (unpaired) electrons. The molecule has 0 aliphatic carbocycles. The van der Waals surface area contributed by atoms with E-state index in [2.05, 4.69) is 10.6 Å². The maximum Gasteiger partial charge on any atom is 0.322 e. The standard InChI is InChI=1S/C16H23N3O4S/c1-24-8-7-13(16(23)18-10-14(20)21)19-15(22)12(17)9-11-5-3-2-4-6-11/h2-6,12-13H,7-10,17H2,1H3,(H,18,23)(H,19,22)(H,20,21). The second-order valence-corrected chi connectivity index (χ2v) is 6.24. The van der Waals surface area contributed by atoms with Crippen LogP contribution in [-0.2, 0) is 20.8 Å². The van der Waals surface area contributed by atoms with Crippen LogP contribution in [0.3, 0.4) is 0 Å². The molecule has 0 aliphatic rings. The van der Waals surface area contributed by atoms with Crippen molar-refractivity contribution < 1.29 is 19.5 Å². The predicted octanol–water partition coefficient (Wildman–Crippen LogP) is -0.00490. The quantitative estimate of drug-likeness (QED) is 0.470. The van der Waals surface area contributed by atoms with Crippen LogP contribution in [0, 0.1) is 0 Å². The third-order valence-corrected chi connectivity index (χ3v) is 3.94. The van der Waals surface area contributed by atoms with Gasteiger partial charge in [-0.25, -0.2) is 0 Å². The summed E-state index contributed by atoms with van der Waals surface area (Å²) >= 11 is 1.53. The number of thioether (sulfide) groups is 1. The van der Waals surface area contributed by atoms with Gasteiger partial charge in [0.1, 0.15) is 12.6 Å². The molecule has 0 heterocycles. The van der Waals surface area contributed by atoms with Crippen LogP contribution in [-0.4, -0.2) is 53.5 Å². The van der Waals surface area contributed by atoms with Crippen molar-refractivity contribution in [3.8, 4) is 0 Å². The number of aliphatic carboxylic acids is 1. The monoisotopic (exact) mass is 353 g/mol. The highest BCUT2D eigenvalue weighted by Gasteiger charge is 2.23. The maximum atomic E-state index is 12.2. The van der Waals surface area contributed by atoms with E-state index in [9.17, 15) is 14.4 Å². The molecule has 0 fully saturated rings. The molecule has 1 rings (SSSR count). The molecule has 0 saturated carbocycles. The summed E-state index contributed by atoms with van der Waals surface area (Å²) in [5.41, 5.74) is 6.83. The zero-order chi connectivity index (χ0) is 17.9. The molecule has 24 heavy (non-hydrogen) atoms. The molecule has 132 valence electrons. The smallest absolute Gasteiger partial charge is 0.322 e. The number of rotatable bonds is 10. The van der Waals surface area contributed by atoms with Gasteiger partial charge in [-0.05, 0) is 30.4 Å². The van der Waals surface area contributed by atoms with Gasteiger partial charge in [0.15, 0.2) is 0 Å². The molecule has 0 saturated heterocycles. The second kappa shape index (κ2) is 10.7. The lowest BCUT2D eigenvalue weighted by molar-refractivity contribution is -0.138. The molecule has 8 heteroatoms. The lowest BCUT2D eigenvalue weighted by atomic mass is 10.1. The van der Waals surface area contributed by atoms with E-state index >= 15 is 0 Å². The first-order chi connectivity index (χ1) is 11.4. The van der Waals surface area contributed by atoms with Gasteiger partial charge in [0, 0.05) is 0 Å². The number of carbonyl (C=O) groups excluding carboxylic acids is 2. The van der Waals surface area contributed by atoms with E-state index in [4.69, 9.17) is 10.8 Å². The normalized spacial score (nSPS) is 12.9. The third-order valence-electron chi connectivity index (χ3n) is 3.29. The molecule has 0 aliphatic heterocycles. The molecule has 2 unspecified atom stereocenters. The Kier molecular flexibility index (Phi) is 8.88. The number of carboxylic acids is 1. The van der Waals surface area contributed by atoms with E-state index in [0.717, 1.165) is 5.56 Å². The summed E-state index contributed by atoms with van der Waals surface area (Å²) in [5.74, 6) is -1.44. The zero-order valence-electron chi connectivity index (χ0n) is 13.5. The molecule has 7 nitrogen and oxygen atoms in total. The summed E-state index contributed by atoms with van der Waals surface area (Å²) in [4.78, 5) is 34.8. The number of carboxylic acid groups (broad SMARTS) is 1.